The maximum Gasteiger partial charge on any atom is 0.407 e. The van der Waals surface area contributed by atoms with E-state index in [1.54, 1.807) is 13.3 Å². The summed E-state index contributed by atoms with van der Waals surface area (Å²) >= 11 is 0. The fraction of sp³-hybridized carbons (Fsp3) is 0.667. The number of amides is 1. The molecule has 0 saturated carbocycles. The summed E-state index contributed by atoms with van der Waals surface area (Å²) in [5, 5.41) is 9.04. The van der Waals surface area contributed by atoms with Crippen molar-refractivity contribution in [1.29, 1.82) is 0 Å². The third-order valence-electron chi connectivity index (χ3n) is 4.49. The molecule has 0 atom stereocenters. The summed E-state index contributed by atoms with van der Waals surface area (Å²) in [6.07, 6.45) is 4.06. The molecular weight excluding hydrogens is 284 g/mol. The molecule has 1 aromatic heterocycles. The standard InChI is InChI=1S/C15H22N4O3/c1-22-12-2-5-18(6-3-12)10-14-16-8-11-9-19(15(20)21)7-4-13(11)17-14/h8,12H,2-7,9-10H2,1H3,(H,20,21). The van der Waals surface area contributed by atoms with E-state index in [2.05, 4.69) is 14.9 Å². The molecule has 1 amide bonds. The molecule has 7 heteroatoms. The van der Waals surface area contributed by atoms with Crippen molar-refractivity contribution in [3.63, 3.8) is 0 Å². The Morgan fingerprint density at radius 3 is 2.86 bits per heavy atom. The number of hydrogen-bond donors (Lipinski definition) is 1. The molecule has 120 valence electrons. The lowest BCUT2D eigenvalue weighted by atomic mass is 10.1. The Labute approximate surface area is 129 Å². The normalized spacial score (nSPS) is 20.0. The number of fused-ring (bicyclic) bond motifs is 1. The van der Waals surface area contributed by atoms with Crippen LogP contribution in [0.3, 0.4) is 0 Å². The fourth-order valence-electron chi connectivity index (χ4n) is 3.10. The van der Waals surface area contributed by atoms with Crippen molar-refractivity contribution in [2.24, 2.45) is 0 Å². The van der Waals surface area contributed by atoms with Crippen LogP contribution in [0.2, 0.25) is 0 Å². The van der Waals surface area contributed by atoms with Crippen LogP contribution < -0.4 is 0 Å². The largest absolute Gasteiger partial charge is 0.465 e. The van der Waals surface area contributed by atoms with Crippen LogP contribution in [0.15, 0.2) is 6.20 Å². The molecule has 1 aromatic rings. The highest BCUT2D eigenvalue weighted by atomic mass is 16.5. The predicted octanol–water partition coefficient (Wildman–Crippen LogP) is 1.12. The molecule has 3 heterocycles. The first-order valence-electron chi connectivity index (χ1n) is 7.72. The van der Waals surface area contributed by atoms with Crippen molar-refractivity contribution >= 4 is 6.09 Å². The first kappa shape index (κ1) is 15.2. The van der Waals surface area contributed by atoms with Gasteiger partial charge in [0, 0.05) is 44.9 Å². The first-order chi connectivity index (χ1) is 10.7. The third kappa shape index (κ3) is 3.36. The zero-order chi connectivity index (χ0) is 15.5. The highest BCUT2D eigenvalue weighted by molar-refractivity contribution is 5.65. The minimum Gasteiger partial charge on any atom is -0.465 e. The summed E-state index contributed by atoms with van der Waals surface area (Å²) < 4.78 is 5.38. The molecule has 22 heavy (non-hydrogen) atoms. The van der Waals surface area contributed by atoms with Crippen LogP contribution in [-0.4, -0.2) is 63.8 Å². The number of likely N-dealkylation sites (tertiary alicyclic amines) is 1. The third-order valence-corrected chi connectivity index (χ3v) is 4.49. The summed E-state index contributed by atoms with van der Waals surface area (Å²) in [5.74, 6) is 0.832. The summed E-state index contributed by atoms with van der Waals surface area (Å²) in [6.45, 7) is 3.67. The molecule has 0 aliphatic carbocycles. The molecule has 0 aromatic carbocycles. The molecule has 1 fully saturated rings. The van der Waals surface area contributed by atoms with Gasteiger partial charge in [-0.3, -0.25) is 4.90 Å². The van der Waals surface area contributed by atoms with Gasteiger partial charge < -0.3 is 14.7 Å². The van der Waals surface area contributed by atoms with E-state index in [1.807, 2.05) is 0 Å². The second kappa shape index (κ2) is 6.58. The lowest BCUT2D eigenvalue weighted by Crippen LogP contribution is -2.37. The number of aromatic nitrogens is 2. The number of carbonyl (C=O) groups is 1. The molecule has 0 radical (unpaired) electrons. The number of methoxy groups -OCH3 is 1. The second-order valence-electron chi connectivity index (χ2n) is 5.92. The van der Waals surface area contributed by atoms with Crippen molar-refractivity contribution in [2.45, 2.75) is 38.5 Å². The van der Waals surface area contributed by atoms with Gasteiger partial charge in [-0.15, -0.1) is 0 Å². The number of hydrogen-bond acceptors (Lipinski definition) is 5. The monoisotopic (exact) mass is 306 g/mol. The van der Waals surface area contributed by atoms with Gasteiger partial charge in [0.1, 0.15) is 5.82 Å². The van der Waals surface area contributed by atoms with Gasteiger partial charge in [-0.25, -0.2) is 14.8 Å². The summed E-state index contributed by atoms with van der Waals surface area (Å²) in [6, 6.07) is 0. The van der Waals surface area contributed by atoms with Crippen LogP contribution in [0, 0.1) is 0 Å². The van der Waals surface area contributed by atoms with E-state index < -0.39 is 6.09 Å². The predicted molar refractivity (Wildman–Crippen MR) is 79.5 cm³/mol. The molecule has 2 aliphatic rings. The number of nitrogens with zero attached hydrogens (tertiary/aromatic N) is 4. The van der Waals surface area contributed by atoms with Crippen LogP contribution >= 0.6 is 0 Å². The fourth-order valence-corrected chi connectivity index (χ4v) is 3.10. The SMILES string of the molecule is COC1CCN(Cc2ncc3c(n2)CCN(C(=O)O)C3)CC1. The molecule has 1 saturated heterocycles. The van der Waals surface area contributed by atoms with Crippen LogP contribution in [-0.2, 0) is 24.2 Å². The Morgan fingerprint density at radius 1 is 1.41 bits per heavy atom. The molecule has 7 nitrogen and oxygen atoms in total. The van der Waals surface area contributed by atoms with Crippen LogP contribution in [0.1, 0.15) is 29.9 Å². The maximum atomic E-state index is 11.0. The van der Waals surface area contributed by atoms with E-state index in [0.717, 1.165) is 49.6 Å². The number of ether oxygens (including phenoxy) is 1. The number of carboxylic acid groups (broad SMARTS) is 1. The van der Waals surface area contributed by atoms with Gasteiger partial charge in [-0.1, -0.05) is 0 Å². The number of piperidine rings is 1. The van der Waals surface area contributed by atoms with Crippen LogP contribution in [0.5, 0.6) is 0 Å². The van der Waals surface area contributed by atoms with Crippen molar-refractivity contribution in [1.82, 2.24) is 19.8 Å². The van der Waals surface area contributed by atoms with Crippen molar-refractivity contribution < 1.29 is 14.6 Å². The van der Waals surface area contributed by atoms with E-state index in [9.17, 15) is 4.79 Å². The van der Waals surface area contributed by atoms with Gasteiger partial charge in [0.05, 0.1) is 24.9 Å². The minimum atomic E-state index is -0.879. The van der Waals surface area contributed by atoms with E-state index in [0.29, 0.717) is 25.6 Å². The molecular formula is C15H22N4O3. The molecule has 0 spiro atoms. The van der Waals surface area contributed by atoms with Crippen molar-refractivity contribution in [3.8, 4) is 0 Å². The van der Waals surface area contributed by atoms with E-state index in [-0.39, 0.29) is 0 Å². The second-order valence-corrected chi connectivity index (χ2v) is 5.92. The highest BCUT2D eigenvalue weighted by Gasteiger charge is 2.23. The van der Waals surface area contributed by atoms with Gasteiger partial charge in [0.25, 0.3) is 0 Å². The molecule has 0 unspecified atom stereocenters. The Bertz CT molecular complexity index is 544. The Hall–Kier alpha value is -1.73. The Kier molecular flexibility index (Phi) is 4.54. The Morgan fingerprint density at radius 2 is 2.18 bits per heavy atom. The highest BCUT2D eigenvalue weighted by Crippen LogP contribution is 2.18. The topological polar surface area (TPSA) is 78.8 Å². The van der Waals surface area contributed by atoms with Gasteiger partial charge in [-0.05, 0) is 12.8 Å². The van der Waals surface area contributed by atoms with Gasteiger partial charge in [-0.2, -0.15) is 0 Å². The lowest BCUT2D eigenvalue weighted by Gasteiger charge is -2.31. The molecule has 1 N–H and O–H groups in total. The zero-order valence-corrected chi connectivity index (χ0v) is 12.9. The zero-order valence-electron chi connectivity index (χ0n) is 12.9. The number of rotatable bonds is 3. The smallest absolute Gasteiger partial charge is 0.407 e. The van der Waals surface area contributed by atoms with Crippen LogP contribution in [0.25, 0.3) is 0 Å². The van der Waals surface area contributed by atoms with Crippen molar-refractivity contribution in [2.75, 3.05) is 26.7 Å². The van der Waals surface area contributed by atoms with E-state index in [1.165, 1.54) is 4.90 Å². The van der Waals surface area contributed by atoms with Crippen molar-refractivity contribution in [3.05, 3.63) is 23.3 Å². The summed E-state index contributed by atoms with van der Waals surface area (Å²) in [4.78, 5) is 23.8. The quantitative estimate of drug-likeness (QED) is 0.901. The Balaban J connectivity index is 1.61. The summed E-state index contributed by atoms with van der Waals surface area (Å²) in [5.41, 5.74) is 1.92. The van der Waals surface area contributed by atoms with Gasteiger partial charge >= 0.3 is 6.09 Å². The first-order valence-corrected chi connectivity index (χ1v) is 7.72. The van der Waals surface area contributed by atoms with E-state index in [4.69, 9.17) is 9.84 Å². The van der Waals surface area contributed by atoms with Gasteiger partial charge in [0.2, 0.25) is 0 Å². The minimum absolute atomic E-state index is 0.378. The van der Waals surface area contributed by atoms with Crippen LogP contribution in [0.4, 0.5) is 4.79 Å². The summed E-state index contributed by atoms with van der Waals surface area (Å²) in [7, 11) is 1.77. The average Bonchev–Trinajstić information content (AvgIpc) is 2.55. The molecule has 3 rings (SSSR count). The van der Waals surface area contributed by atoms with E-state index >= 15 is 0 Å². The molecule has 2 aliphatic heterocycles. The average molecular weight is 306 g/mol. The molecule has 0 bridgehead atoms. The maximum absolute atomic E-state index is 11.0. The lowest BCUT2D eigenvalue weighted by molar-refractivity contribution is 0.0381. The van der Waals surface area contributed by atoms with Gasteiger partial charge in [0.15, 0.2) is 0 Å².